The Kier molecular flexibility index (Phi) is 5.97. The Bertz CT molecular complexity index is 716. The fraction of sp³-hybridized carbons (Fsp3) is 0.350. The first kappa shape index (κ1) is 17.8. The second-order valence-corrected chi connectivity index (χ2v) is 7.27. The quantitative estimate of drug-likeness (QED) is 0.650. The number of carbonyl (C=O) groups is 1. The van der Waals surface area contributed by atoms with Crippen molar-refractivity contribution in [2.75, 3.05) is 12.9 Å². The van der Waals surface area contributed by atoms with Crippen molar-refractivity contribution in [2.24, 2.45) is 0 Å². The molecule has 0 atom stereocenters. The molecule has 132 valence electrons. The Morgan fingerprint density at radius 2 is 1.92 bits per heavy atom. The number of methoxy groups -OCH3 is 1. The number of benzene rings is 2. The van der Waals surface area contributed by atoms with Gasteiger partial charge in [0.05, 0.1) is 7.11 Å². The van der Waals surface area contributed by atoms with Gasteiger partial charge >= 0.3 is 0 Å². The van der Waals surface area contributed by atoms with Crippen LogP contribution in [0, 0.1) is 5.82 Å². The van der Waals surface area contributed by atoms with E-state index in [4.69, 9.17) is 4.74 Å². The Labute approximate surface area is 152 Å². The van der Waals surface area contributed by atoms with Gasteiger partial charge in [0, 0.05) is 29.7 Å². The van der Waals surface area contributed by atoms with Gasteiger partial charge in [-0.3, -0.25) is 4.79 Å². The van der Waals surface area contributed by atoms with Gasteiger partial charge in [-0.25, -0.2) is 4.39 Å². The summed E-state index contributed by atoms with van der Waals surface area (Å²) >= 11 is 1.40. The van der Waals surface area contributed by atoms with E-state index < -0.39 is 0 Å². The molecule has 0 bridgehead atoms. The molecule has 1 amide bonds. The fourth-order valence-electron chi connectivity index (χ4n) is 2.69. The summed E-state index contributed by atoms with van der Waals surface area (Å²) in [6, 6.07) is 14.9. The highest BCUT2D eigenvalue weighted by Crippen LogP contribution is 2.30. The summed E-state index contributed by atoms with van der Waals surface area (Å²) in [5, 5.41) is 0. The highest BCUT2D eigenvalue weighted by Gasteiger charge is 2.32. The van der Waals surface area contributed by atoms with Gasteiger partial charge in [-0.05, 0) is 42.7 Å². The van der Waals surface area contributed by atoms with Gasteiger partial charge in [0.25, 0.3) is 0 Å². The van der Waals surface area contributed by atoms with E-state index in [9.17, 15) is 9.18 Å². The second-order valence-electron chi connectivity index (χ2n) is 6.13. The van der Waals surface area contributed by atoms with Crippen LogP contribution in [0.2, 0.25) is 0 Å². The lowest BCUT2D eigenvalue weighted by atomic mass is 10.2. The number of hydrogen-bond acceptors (Lipinski definition) is 3. The number of halogens is 1. The topological polar surface area (TPSA) is 29.5 Å². The van der Waals surface area contributed by atoms with Crippen molar-refractivity contribution in [1.29, 1.82) is 0 Å². The van der Waals surface area contributed by atoms with Crippen LogP contribution < -0.4 is 4.74 Å². The molecule has 0 unspecified atom stereocenters. The van der Waals surface area contributed by atoms with Crippen LogP contribution in [-0.4, -0.2) is 29.7 Å². The molecule has 0 saturated heterocycles. The number of ether oxygens (including phenoxy) is 1. The normalized spacial score (nSPS) is 13.5. The zero-order valence-electron chi connectivity index (χ0n) is 14.3. The summed E-state index contributed by atoms with van der Waals surface area (Å²) < 4.78 is 18.8. The van der Waals surface area contributed by atoms with Crippen molar-refractivity contribution in [3.63, 3.8) is 0 Å². The van der Waals surface area contributed by atoms with Gasteiger partial charge in [0.1, 0.15) is 11.6 Å². The number of carbonyl (C=O) groups excluding carboxylic acids is 1. The standard InChI is InChI=1S/C20H22FNO2S/c1-24-17-10-6-15(7-11-17)14-22(16-8-9-16)20(23)12-13-25-19-5-3-2-4-18(19)21/h2-7,10-11,16H,8-9,12-14H2,1H3. The van der Waals surface area contributed by atoms with Crippen LogP contribution in [0.4, 0.5) is 4.39 Å². The maximum atomic E-state index is 13.6. The molecule has 3 nitrogen and oxygen atoms in total. The van der Waals surface area contributed by atoms with E-state index in [0.717, 1.165) is 24.2 Å². The monoisotopic (exact) mass is 359 g/mol. The lowest BCUT2D eigenvalue weighted by Gasteiger charge is -2.22. The Morgan fingerprint density at radius 3 is 2.56 bits per heavy atom. The number of thioether (sulfide) groups is 1. The predicted molar refractivity (Wildman–Crippen MR) is 98.3 cm³/mol. The summed E-state index contributed by atoms with van der Waals surface area (Å²) in [5.41, 5.74) is 1.10. The van der Waals surface area contributed by atoms with E-state index in [0.29, 0.717) is 29.7 Å². The smallest absolute Gasteiger partial charge is 0.223 e. The molecule has 0 aromatic heterocycles. The Morgan fingerprint density at radius 1 is 1.20 bits per heavy atom. The molecular formula is C20H22FNO2S. The molecule has 5 heteroatoms. The number of nitrogens with zero attached hydrogens (tertiary/aromatic N) is 1. The molecule has 1 saturated carbocycles. The summed E-state index contributed by atoms with van der Waals surface area (Å²) in [6.45, 7) is 0.623. The van der Waals surface area contributed by atoms with Gasteiger partial charge in [-0.2, -0.15) is 0 Å². The zero-order chi connectivity index (χ0) is 17.6. The molecule has 2 aromatic rings. The zero-order valence-corrected chi connectivity index (χ0v) is 15.1. The minimum atomic E-state index is -0.225. The lowest BCUT2D eigenvalue weighted by Crippen LogP contribution is -2.32. The molecular weight excluding hydrogens is 337 g/mol. The molecule has 25 heavy (non-hydrogen) atoms. The Hall–Kier alpha value is -2.01. The number of hydrogen-bond donors (Lipinski definition) is 0. The first-order valence-electron chi connectivity index (χ1n) is 8.47. The molecule has 2 aromatic carbocycles. The second kappa shape index (κ2) is 8.39. The van der Waals surface area contributed by atoms with E-state index in [-0.39, 0.29) is 11.7 Å². The van der Waals surface area contributed by atoms with E-state index in [1.165, 1.54) is 17.8 Å². The van der Waals surface area contributed by atoms with E-state index >= 15 is 0 Å². The molecule has 1 fully saturated rings. The first-order valence-corrected chi connectivity index (χ1v) is 9.45. The number of amides is 1. The van der Waals surface area contributed by atoms with Crippen molar-refractivity contribution < 1.29 is 13.9 Å². The maximum Gasteiger partial charge on any atom is 0.223 e. The maximum absolute atomic E-state index is 13.6. The molecule has 1 aliphatic carbocycles. The summed E-state index contributed by atoms with van der Waals surface area (Å²) in [7, 11) is 1.64. The van der Waals surface area contributed by atoms with Crippen LogP contribution >= 0.6 is 11.8 Å². The SMILES string of the molecule is COc1ccc(CN(C(=O)CCSc2ccccc2F)C2CC2)cc1. The van der Waals surface area contributed by atoms with Crippen molar-refractivity contribution in [2.45, 2.75) is 36.7 Å². The van der Waals surface area contributed by atoms with Gasteiger partial charge in [0.2, 0.25) is 5.91 Å². The van der Waals surface area contributed by atoms with Crippen LogP contribution in [-0.2, 0) is 11.3 Å². The third-order valence-corrected chi connectivity index (χ3v) is 5.28. The molecule has 0 heterocycles. The van der Waals surface area contributed by atoms with E-state index in [1.54, 1.807) is 19.2 Å². The van der Waals surface area contributed by atoms with Crippen molar-refractivity contribution >= 4 is 17.7 Å². The molecule has 0 spiro atoms. The van der Waals surface area contributed by atoms with Crippen LogP contribution in [0.1, 0.15) is 24.8 Å². The minimum Gasteiger partial charge on any atom is -0.497 e. The Balaban J connectivity index is 1.55. The summed E-state index contributed by atoms with van der Waals surface area (Å²) in [4.78, 5) is 15.2. The van der Waals surface area contributed by atoms with Gasteiger partial charge in [-0.1, -0.05) is 24.3 Å². The van der Waals surface area contributed by atoms with Crippen LogP contribution in [0.3, 0.4) is 0 Å². The van der Waals surface area contributed by atoms with Crippen molar-refractivity contribution in [3.8, 4) is 5.75 Å². The van der Waals surface area contributed by atoms with E-state index in [1.807, 2.05) is 35.2 Å². The molecule has 1 aliphatic rings. The highest BCUT2D eigenvalue weighted by atomic mass is 32.2. The van der Waals surface area contributed by atoms with Crippen LogP contribution in [0.25, 0.3) is 0 Å². The molecule has 0 N–H and O–H groups in total. The molecule has 0 radical (unpaired) electrons. The fourth-order valence-corrected chi connectivity index (χ4v) is 3.57. The summed E-state index contributed by atoms with van der Waals surface area (Å²) in [6.07, 6.45) is 2.57. The average molecular weight is 359 g/mol. The van der Waals surface area contributed by atoms with Gasteiger partial charge < -0.3 is 9.64 Å². The number of rotatable bonds is 8. The third-order valence-electron chi connectivity index (χ3n) is 4.23. The third kappa shape index (κ3) is 4.98. The van der Waals surface area contributed by atoms with Crippen LogP contribution in [0.15, 0.2) is 53.4 Å². The largest absolute Gasteiger partial charge is 0.497 e. The first-order chi connectivity index (χ1) is 12.2. The van der Waals surface area contributed by atoms with Crippen molar-refractivity contribution in [3.05, 3.63) is 59.9 Å². The highest BCUT2D eigenvalue weighted by molar-refractivity contribution is 7.99. The average Bonchev–Trinajstić information content (AvgIpc) is 3.46. The van der Waals surface area contributed by atoms with Gasteiger partial charge in [0.15, 0.2) is 0 Å². The van der Waals surface area contributed by atoms with Crippen molar-refractivity contribution in [1.82, 2.24) is 4.90 Å². The predicted octanol–water partition coefficient (Wildman–Crippen LogP) is 4.51. The lowest BCUT2D eigenvalue weighted by molar-refractivity contribution is -0.131. The molecule has 3 rings (SSSR count). The van der Waals surface area contributed by atoms with E-state index in [2.05, 4.69) is 0 Å². The molecule has 0 aliphatic heterocycles. The summed E-state index contributed by atoms with van der Waals surface area (Å²) in [5.74, 6) is 1.32. The minimum absolute atomic E-state index is 0.141. The van der Waals surface area contributed by atoms with Gasteiger partial charge in [-0.15, -0.1) is 11.8 Å². The van der Waals surface area contributed by atoms with Crippen LogP contribution in [0.5, 0.6) is 5.75 Å².